The Bertz CT molecular complexity index is 744. The number of nitrogens with two attached hydrogens (primary N) is 1. The van der Waals surface area contributed by atoms with Gasteiger partial charge in [-0.2, -0.15) is 0 Å². The molecular weight excluding hydrogens is 276 g/mol. The van der Waals surface area contributed by atoms with Gasteiger partial charge in [0.05, 0.1) is 6.04 Å². The van der Waals surface area contributed by atoms with E-state index in [9.17, 15) is 0 Å². The summed E-state index contributed by atoms with van der Waals surface area (Å²) in [5.74, 6) is 0. The van der Waals surface area contributed by atoms with Gasteiger partial charge in [-0.15, -0.1) is 0 Å². The largest absolute Gasteiger partial charge is 0.456 e. The number of aromatic nitrogens is 2. The quantitative estimate of drug-likeness (QED) is 0.874. The van der Waals surface area contributed by atoms with Crippen molar-refractivity contribution >= 4 is 6.02 Å². The number of benzene rings is 1. The Kier molecular flexibility index (Phi) is 2.89. The van der Waals surface area contributed by atoms with E-state index >= 15 is 0 Å². The molecule has 0 radical (unpaired) electrons. The molecule has 2 aromatic rings. The van der Waals surface area contributed by atoms with Crippen LogP contribution in [0.15, 0.2) is 41.9 Å². The van der Waals surface area contributed by atoms with Crippen LogP contribution in [0.1, 0.15) is 24.5 Å². The van der Waals surface area contributed by atoms with Crippen LogP contribution in [0.3, 0.4) is 0 Å². The minimum absolute atomic E-state index is 0.101. The molecule has 0 fully saturated rings. The third-order valence-corrected chi connectivity index (χ3v) is 4.82. The van der Waals surface area contributed by atoms with Crippen LogP contribution in [-0.2, 0) is 17.6 Å². The van der Waals surface area contributed by atoms with Crippen LogP contribution in [0.5, 0.6) is 0 Å². The Morgan fingerprint density at radius 2 is 2.09 bits per heavy atom. The van der Waals surface area contributed by atoms with Crippen molar-refractivity contribution < 1.29 is 4.74 Å². The van der Waals surface area contributed by atoms with Gasteiger partial charge in [-0.25, -0.2) is 15.0 Å². The van der Waals surface area contributed by atoms with Crippen LogP contribution >= 0.6 is 0 Å². The molecule has 1 aromatic heterocycles. The molecule has 5 heteroatoms. The van der Waals surface area contributed by atoms with Crippen molar-refractivity contribution in [1.29, 1.82) is 0 Å². The molecule has 5 nitrogen and oxygen atoms in total. The Balaban J connectivity index is 1.74. The fourth-order valence-electron chi connectivity index (χ4n) is 3.62. The SMILES string of the molecule is CC1N=C(N)O[C@@]12CCc1c(cccc1-c1cncnc1)C2. The van der Waals surface area contributed by atoms with Gasteiger partial charge in [0, 0.05) is 24.4 Å². The van der Waals surface area contributed by atoms with E-state index in [0.29, 0.717) is 6.02 Å². The van der Waals surface area contributed by atoms with E-state index in [1.807, 2.05) is 12.4 Å². The van der Waals surface area contributed by atoms with Gasteiger partial charge in [0.15, 0.2) is 0 Å². The highest BCUT2D eigenvalue weighted by Crippen LogP contribution is 2.41. The molecule has 2 heterocycles. The molecule has 4 rings (SSSR count). The molecule has 1 aliphatic carbocycles. The van der Waals surface area contributed by atoms with E-state index in [1.165, 1.54) is 16.7 Å². The van der Waals surface area contributed by atoms with Gasteiger partial charge in [-0.3, -0.25) is 0 Å². The third-order valence-electron chi connectivity index (χ3n) is 4.82. The first-order valence-corrected chi connectivity index (χ1v) is 7.56. The van der Waals surface area contributed by atoms with E-state index in [2.05, 4.69) is 40.1 Å². The van der Waals surface area contributed by atoms with Crippen molar-refractivity contribution in [2.24, 2.45) is 10.7 Å². The second-order valence-corrected chi connectivity index (χ2v) is 6.06. The summed E-state index contributed by atoms with van der Waals surface area (Å²) >= 11 is 0. The number of amidine groups is 1. The maximum Gasteiger partial charge on any atom is 0.282 e. The lowest BCUT2D eigenvalue weighted by Gasteiger charge is -2.37. The Labute approximate surface area is 129 Å². The van der Waals surface area contributed by atoms with Crippen LogP contribution in [0.4, 0.5) is 0 Å². The normalized spacial score (nSPS) is 26.4. The summed E-state index contributed by atoms with van der Waals surface area (Å²) in [6.07, 6.45) is 8.01. The fourth-order valence-corrected chi connectivity index (χ4v) is 3.62. The maximum atomic E-state index is 5.91. The number of aliphatic imine (C=N–C) groups is 1. The summed E-state index contributed by atoms with van der Waals surface area (Å²) in [6.45, 7) is 2.08. The second-order valence-electron chi connectivity index (χ2n) is 6.06. The van der Waals surface area contributed by atoms with Gasteiger partial charge in [0.1, 0.15) is 11.9 Å². The van der Waals surface area contributed by atoms with E-state index in [-0.39, 0.29) is 11.6 Å². The first-order valence-electron chi connectivity index (χ1n) is 7.56. The molecule has 2 atom stereocenters. The molecule has 1 unspecified atom stereocenters. The van der Waals surface area contributed by atoms with Crippen molar-refractivity contribution in [2.75, 3.05) is 0 Å². The van der Waals surface area contributed by atoms with E-state index < -0.39 is 0 Å². The standard InChI is InChI=1S/C17H18N4O/c1-11-17(22-16(18)21-11)6-5-15-12(7-17)3-2-4-14(15)13-8-19-10-20-9-13/h2-4,8-11H,5-7H2,1H3,(H2,18,21)/t11?,17-/m1/s1. The first kappa shape index (κ1) is 13.2. The third kappa shape index (κ3) is 1.96. The monoisotopic (exact) mass is 294 g/mol. The highest BCUT2D eigenvalue weighted by Gasteiger charge is 2.46. The molecule has 2 aliphatic rings. The molecule has 1 aromatic carbocycles. The van der Waals surface area contributed by atoms with E-state index in [1.54, 1.807) is 6.33 Å². The predicted octanol–water partition coefficient (Wildman–Crippen LogP) is 2.10. The van der Waals surface area contributed by atoms with Gasteiger partial charge in [-0.05, 0) is 36.5 Å². The Hall–Kier alpha value is -2.43. The maximum absolute atomic E-state index is 5.91. The highest BCUT2D eigenvalue weighted by atomic mass is 16.5. The lowest BCUT2D eigenvalue weighted by Crippen LogP contribution is -2.45. The number of hydrogen-bond donors (Lipinski definition) is 1. The van der Waals surface area contributed by atoms with Crippen LogP contribution < -0.4 is 5.73 Å². The summed E-state index contributed by atoms with van der Waals surface area (Å²) in [6, 6.07) is 6.82. The zero-order valence-electron chi connectivity index (χ0n) is 12.5. The molecule has 0 amide bonds. The number of fused-ring (bicyclic) bond motifs is 1. The van der Waals surface area contributed by atoms with E-state index in [4.69, 9.17) is 10.5 Å². The summed E-state index contributed by atoms with van der Waals surface area (Å²) in [5, 5.41) is 0. The number of rotatable bonds is 1. The molecule has 0 bridgehead atoms. The van der Waals surface area contributed by atoms with Gasteiger partial charge in [0.2, 0.25) is 0 Å². The Morgan fingerprint density at radius 3 is 2.82 bits per heavy atom. The first-order chi connectivity index (χ1) is 10.7. The molecule has 22 heavy (non-hydrogen) atoms. The second kappa shape index (κ2) is 4.80. The van der Waals surface area contributed by atoms with Crippen molar-refractivity contribution in [2.45, 2.75) is 37.8 Å². The van der Waals surface area contributed by atoms with Crippen molar-refractivity contribution in [3.63, 3.8) is 0 Å². The fraction of sp³-hybridized carbons (Fsp3) is 0.353. The number of ether oxygens (including phenoxy) is 1. The topological polar surface area (TPSA) is 73.4 Å². The van der Waals surface area contributed by atoms with E-state index in [0.717, 1.165) is 24.8 Å². The molecule has 2 N–H and O–H groups in total. The van der Waals surface area contributed by atoms with Crippen molar-refractivity contribution in [3.8, 4) is 11.1 Å². The Morgan fingerprint density at radius 1 is 1.27 bits per heavy atom. The molecule has 0 saturated carbocycles. The summed E-state index contributed by atoms with van der Waals surface area (Å²) in [5.41, 5.74) is 10.5. The zero-order chi connectivity index (χ0) is 15.2. The molecule has 1 spiro atoms. The summed E-state index contributed by atoms with van der Waals surface area (Å²) in [4.78, 5) is 12.6. The summed E-state index contributed by atoms with van der Waals surface area (Å²) in [7, 11) is 0. The van der Waals surface area contributed by atoms with Gasteiger partial charge in [-0.1, -0.05) is 18.2 Å². The predicted molar refractivity (Wildman–Crippen MR) is 84.4 cm³/mol. The highest BCUT2D eigenvalue weighted by molar-refractivity contribution is 5.75. The molecular formula is C17H18N4O. The average Bonchev–Trinajstić information content (AvgIpc) is 2.80. The van der Waals surface area contributed by atoms with Crippen LogP contribution in [0.2, 0.25) is 0 Å². The average molecular weight is 294 g/mol. The van der Waals surface area contributed by atoms with Crippen molar-refractivity contribution in [1.82, 2.24) is 9.97 Å². The smallest absolute Gasteiger partial charge is 0.282 e. The number of nitrogens with zero attached hydrogens (tertiary/aromatic N) is 3. The lowest BCUT2D eigenvalue weighted by atomic mass is 9.75. The van der Waals surface area contributed by atoms with Crippen molar-refractivity contribution in [3.05, 3.63) is 48.0 Å². The molecule has 112 valence electrons. The summed E-state index contributed by atoms with van der Waals surface area (Å²) < 4.78 is 5.91. The van der Waals surface area contributed by atoms with Gasteiger partial charge >= 0.3 is 0 Å². The van der Waals surface area contributed by atoms with Gasteiger partial charge < -0.3 is 10.5 Å². The number of hydrogen-bond acceptors (Lipinski definition) is 5. The van der Waals surface area contributed by atoms with Crippen LogP contribution in [0.25, 0.3) is 11.1 Å². The minimum Gasteiger partial charge on any atom is -0.456 e. The zero-order valence-corrected chi connectivity index (χ0v) is 12.5. The molecule has 1 aliphatic heterocycles. The lowest BCUT2D eigenvalue weighted by molar-refractivity contribution is 0.0448. The molecule has 0 saturated heterocycles. The minimum atomic E-state index is -0.275. The van der Waals surface area contributed by atoms with Crippen LogP contribution in [0, 0.1) is 0 Å². The van der Waals surface area contributed by atoms with Crippen LogP contribution in [-0.4, -0.2) is 27.6 Å². The van der Waals surface area contributed by atoms with Gasteiger partial charge in [0.25, 0.3) is 6.02 Å².